The topological polar surface area (TPSA) is 84.5 Å². The maximum Gasteiger partial charge on any atom is 0.217 e. The molecule has 14 heteroatoms. The van der Waals surface area contributed by atoms with Crippen LogP contribution in [0.2, 0.25) is 118 Å². The van der Waals surface area contributed by atoms with Crippen molar-refractivity contribution in [3.8, 4) is 0 Å². The summed E-state index contributed by atoms with van der Waals surface area (Å²) in [6.45, 7) is 47.3. The lowest BCUT2D eigenvalue weighted by Crippen LogP contribution is -2.61. The molecule has 0 aliphatic heterocycles. The van der Waals surface area contributed by atoms with Gasteiger partial charge in [-0.25, -0.2) is 0 Å². The van der Waals surface area contributed by atoms with Crippen molar-refractivity contribution in [2.24, 2.45) is 0 Å². The van der Waals surface area contributed by atoms with Crippen molar-refractivity contribution in [1.29, 1.82) is 0 Å². The summed E-state index contributed by atoms with van der Waals surface area (Å²) in [7, 11) is -11.8. The molecule has 0 saturated heterocycles. The van der Waals surface area contributed by atoms with E-state index in [0.29, 0.717) is 6.61 Å². The molecule has 54 heavy (non-hydrogen) atoms. The van der Waals surface area contributed by atoms with Crippen molar-refractivity contribution in [3.63, 3.8) is 0 Å². The van der Waals surface area contributed by atoms with Gasteiger partial charge in [0.05, 0.1) is 50.7 Å². The van der Waals surface area contributed by atoms with Crippen molar-refractivity contribution in [3.05, 3.63) is 0 Å². The second-order valence-corrected chi connectivity index (χ2v) is 50.0. The van der Waals surface area contributed by atoms with Crippen molar-refractivity contribution < 1.29 is 31.7 Å². The molecule has 0 radical (unpaired) electrons. The zero-order valence-corrected chi connectivity index (χ0v) is 45.7. The highest BCUT2D eigenvalue weighted by Gasteiger charge is 2.46. The predicted molar refractivity (Wildman–Crippen MR) is 249 cm³/mol. The fourth-order valence-electron chi connectivity index (χ4n) is 6.48. The predicted octanol–water partition coefficient (Wildman–Crippen LogP) is 11.8. The Morgan fingerprint density at radius 2 is 1.06 bits per heavy atom. The highest BCUT2D eigenvalue weighted by molar-refractivity contribution is 6.76. The average molecular weight is 869 g/mol. The van der Waals surface area contributed by atoms with E-state index in [1.54, 1.807) is 6.92 Å². The first-order chi connectivity index (χ1) is 24.2. The molecule has 1 amide bonds. The zero-order valence-electron chi connectivity index (χ0n) is 39.7. The molecule has 6 atom stereocenters. The first-order valence-corrected chi connectivity index (χ1v) is 42.2. The molecule has 0 unspecified atom stereocenters. The molecule has 0 aromatic carbocycles. The lowest BCUT2D eigenvalue weighted by Gasteiger charge is -2.46. The van der Waals surface area contributed by atoms with Crippen LogP contribution >= 0.6 is 0 Å². The molecular formula is C40H93NO7Si6. The number of carbonyl (C=O) groups is 1. The van der Waals surface area contributed by atoms with Crippen molar-refractivity contribution in [2.45, 2.75) is 239 Å². The summed E-state index contributed by atoms with van der Waals surface area (Å²) in [6.07, 6.45) is 11.0. The van der Waals surface area contributed by atoms with E-state index in [1.165, 1.54) is 38.5 Å². The summed E-state index contributed by atoms with van der Waals surface area (Å²) in [5.74, 6) is -0.0953. The Morgan fingerprint density at radius 1 is 0.593 bits per heavy atom. The fraction of sp³-hybridized carbons (Fsp3) is 0.975. The van der Waals surface area contributed by atoms with E-state index in [-0.39, 0.29) is 24.2 Å². The van der Waals surface area contributed by atoms with Crippen LogP contribution in [0.4, 0.5) is 0 Å². The molecule has 0 aliphatic rings. The summed E-state index contributed by atoms with van der Waals surface area (Å²) in [5, 5.41) is 3.27. The Hall–Kier alpha value is 0.531. The number of nitrogens with one attached hydrogen (secondary N) is 1. The van der Waals surface area contributed by atoms with E-state index in [1.807, 2.05) is 0 Å². The van der Waals surface area contributed by atoms with E-state index in [0.717, 1.165) is 31.9 Å². The third-order valence-corrected chi connectivity index (χ3v) is 14.7. The lowest BCUT2D eigenvalue weighted by atomic mass is 9.87. The van der Waals surface area contributed by atoms with Gasteiger partial charge in [-0.15, -0.1) is 0 Å². The molecule has 1 N–H and O–H groups in total. The Kier molecular flexibility index (Phi) is 23.6. The van der Waals surface area contributed by atoms with E-state index in [2.05, 4.69) is 137 Å². The third-order valence-electron chi connectivity index (χ3n) is 8.66. The highest BCUT2D eigenvalue weighted by atomic mass is 28.4. The van der Waals surface area contributed by atoms with Gasteiger partial charge in [-0.2, -0.15) is 0 Å². The Bertz CT molecular complexity index is 1040. The molecule has 0 heterocycles. The molecule has 0 aromatic heterocycles. The van der Waals surface area contributed by atoms with E-state index >= 15 is 0 Å². The van der Waals surface area contributed by atoms with Crippen LogP contribution < -0.4 is 5.32 Å². The number of rotatable bonds is 30. The maximum absolute atomic E-state index is 12.8. The van der Waals surface area contributed by atoms with Gasteiger partial charge in [-0.05, 0) is 124 Å². The van der Waals surface area contributed by atoms with Gasteiger partial charge in [0.25, 0.3) is 0 Å². The number of ether oxygens (including phenoxy) is 1. The standard InChI is InChI=1S/C40H93NO7Si6/c1-22-23-24-25-26-27-28-31-40(3,43-33-49(4,5)6)37(46-52(13,14)15)30-29-36(45-51(10,11)12)39(48-54(19,20)21)38(47-53(16,17)18)35(41-34(2)42)32-44-50(7,8)9/h35-39H,22-33H2,1-21H3,(H,41,42)/t35-,36-,37-,38+,39-,40+/m0/s1. The molecular weight excluding hydrogens is 775 g/mol. The molecule has 324 valence electrons. The van der Waals surface area contributed by atoms with Gasteiger partial charge in [-0.1, -0.05) is 71.5 Å². The monoisotopic (exact) mass is 868 g/mol. The average Bonchev–Trinajstić information content (AvgIpc) is 2.94. The highest BCUT2D eigenvalue weighted by Crippen LogP contribution is 2.35. The van der Waals surface area contributed by atoms with Crippen LogP contribution in [0.3, 0.4) is 0 Å². The number of carbonyl (C=O) groups excluding carboxylic acids is 1. The molecule has 0 aliphatic carbocycles. The number of hydrogen-bond acceptors (Lipinski definition) is 7. The minimum atomic E-state index is -2.16. The number of hydrogen-bond donors (Lipinski definition) is 1. The van der Waals surface area contributed by atoms with Crippen molar-refractivity contribution in [1.82, 2.24) is 5.32 Å². The fourth-order valence-corrected chi connectivity index (χ4v) is 12.5. The van der Waals surface area contributed by atoms with Crippen LogP contribution in [-0.2, 0) is 31.7 Å². The maximum atomic E-state index is 12.8. The molecule has 0 aromatic rings. The van der Waals surface area contributed by atoms with Gasteiger partial charge in [0, 0.05) is 13.2 Å². The minimum absolute atomic E-state index is 0.0846. The van der Waals surface area contributed by atoms with Crippen LogP contribution in [-0.4, -0.2) is 104 Å². The minimum Gasteiger partial charge on any atom is -0.415 e. The van der Waals surface area contributed by atoms with Gasteiger partial charge in [-0.3, -0.25) is 4.79 Å². The van der Waals surface area contributed by atoms with Crippen LogP contribution in [0.5, 0.6) is 0 Å². The smallest absolute Gasteiger partial charge is 0.217 e. The first-order valence-electron chi connectivity index (χ1n) is 21.4. The van der Waals surface area contributed by atoms with Gasteiger partial charge in [0.2, 0.25) is 5.91 Å². The van der Waals surface area contributed by atoms with Crippen LogP contribution in [0, 0.1) is 0 Å². The third kappa shape index (κ3) is 28.0. The van der Waals surface area contributed by atoms with Crippen LogP contribution in [0.25, 0.3) is 0 Å². The summed E-state index contributed by atoms with van der Waals surface area (Å²) in [5.41, 5.74) is -0.416. The SMILES string of the molecule is CCCCCCCCC[C@@](C)(OC[Si](C)(C)C)[C@H](CC[C@H](O[Si](C)(C)C)[C@H](O[Si](C)(C)C)[C@H](O[Si](C)(C)C)[C@H](CO[Si](C)(C)C)NC(C)=O)O[Si](C)(C)C. The Labute approximate surface area is 342 Å². The number of amides is 1. The molecule has 0 spiro atoms. The quantitative estimate of drug-likeness (QED) is 0.0568. The van der Waals surface area contributed by atoms with Gasteiger partial charge < -0.3 is 32.2 Å². The second kappa shape index (κ2) is 23.4. The summed E-state index contributed by atoms with van der Waals surface area (Å²) in [4.78, 5) is 12.8. The molecule has 0 rings (SSSR count). The van der Waals surface area contributed by atoms with Crippen LogP contribution in [0.15, 0.2) is 0 Å². The Morgan fingerprint density at radius 3 is 1.48 bits per heavy atom. The zero-order chi connectivity index (χ0) is 42.4. The second-order valence-electron chi connectivity index (χ2n) is 22.2. The largest absolute Gasteiger partial charge is 0.415 e. The van der Waals surface area contributed by atoms with Gasteiger partial charge in [0.15, 0.2) is 41.6 Å². The summed E-state index contributed by atoms with van der Waals surface area (Å²) < 4.78 is 42.5. The Balaban J connectivity index is 7.24. The van der Waals surface area contributed by atoms with E-state index in [9.17, 15) is 4.79 Å². The van der Waals surface area contributed by atoms with Gasteiger partial charge in [0.1, 0.15) is 0 Å². The van der Waals surface area contributed by atoms with Crippen LogP contribution in [0.1, 0.15) is 85.0 Å². The normalized spacial score (nSPS) is 17.8. The molecule has 8 nitrogen and oxygen atoms in total. The summed E-state index contributed by atoms with van der Waals surface area (Å²) >= 11 is 0. The first kappa shape index (κ1) is 54.5. The van der Waals surface area contributed by atoms with Gasteiger partial charge >= 0.3 is 0 Å². The van der Waals surface area contributed by atoms with Crippen molar-refractivity contribution >= 4 is 55.6 Å². The van der Waals surface area contributed by atoms with E-state index < -0.39 is 67.5 Å². The molecule has 0 saturated carbocycles. The lowest BCUT2D eigenvalue weighted by molar-refractivity contribution is -0.123. The van der Waals surface area contributed by atoms with Crippen molar-refractivity contribution in [2.75, 3.05) is 12.8 Å². The molecule has 0 bridgehead atoms. The summed E-state index contributed by atoms with van der Waals surface area (Å²) in [6, 6.07) is -0.383. The molecule has 0 fully saturated rings. The van der Waals surface area contributed by atoms with E-state index in [4.69, 9.17) is 26.9 Å². The number of unbranched alkanes of at least 4 members (excludes halogenated alkanes) is 6.